The van der Waals surface area contributed by atoms with Gasteiger partial charge in [0.05, 0.1) is 23.6 Å². The number of esters is 1. The molecule has 7 heteroatoms. The second-order valence-electron chi connectivity index (χ2n) is 3.92. The number of carbonyl (C=O) groups is 2. The Kier molecular flexibility index (Phi) is 5.67. The van der Waals surface area contributed by atoms with Crippen molar-refractivity contribution >= 4 is 52.3 Å². The number of nitrogens with one attached hydrogen (secondary N) is 1. The standard InChI is InChI=1S/C14H12ClNO3S2/c1-19-14(18)13-10(6-7-20-13)16-12(17)8-21-11-5-3-2-4-9(11)15/h2-7H,8H2,1H3,(H,16,17). The average Bonchev–Trinajstić information content (AvgIpc) is 2.93. The number of hydrogen-bond acceptors (Lipinski definition) is 5. The summed E-state index contributed by atoms with van der Waals surface area (Å²) in [6.45, 7) is 0. The summed E-state index contributed by atoms with van der Waals surface area (Å²) < 4.78 is 4.66. The van der Waals surface area contributed by atoms with Gasteiger partial charge in [0.2, 0.25) is 5.91 Å². The predicted molar refractivity (Wildman–Crippen MR) is 86.5 cm³/mol. The number of amides is 1. The molecule has 1 aromatic heterocycles. The highest BCUT2D eigenvalue weighted by Gasteiger charge is 2.15. The van der Waals surface area contributed by atoms with Gasteiger partial charge in [-0.3, -0.25) is 4.79 Å². The first-order valence-electron chi connectivity index (χ1n) is 5.95. The number of benzene rings is 1. The van der Waals surface area contributed by atoms with Crippen LogP contribution in [0.4, 0.5) is 5.69 Å². The van der Waals surface area contributed by atoms with E-state index in [0.717, 1.165) is 4.90 Å². The Morgan fingerprint density at radius 1 is 1.33 bits per heavy atom. The van der Waals surface area contributed by atoms with Crippen LogP contribution in [0.2, 0.25) is 5.02 Å². The summed E-state index contributed by atoms with van der Waals surface area (Å²) in [6, 6.07) is 9.00. The van der Waals surface area contributed by atoms with Crippen LogP contribution >= 0.6 is 34.7 Å². The highest BCUT2D eigenvalue weighted by Crippen LogP contribution is 2.27. The summed E-state index contributed by atoms with van der Waals surface area (Å²) in [6.07, 6.45) is 0. The van der Waals surface area contributed by atoms with Gasteiger partial charge in [-0.15, -0.1) is 23.1 Å². The molecule has 0 saturated heterocycles. The van der Waals surface area contributed by atoms with Crippen LogP contribution in [0.5, 0.6) is 0 Å². The number of anilines is 1. The molecule has 2 aromatic rings. The molecule has 21 heavy (non-hydrogen) atoms. The van der Waals surface area contributed by atoms with Crippen LogP contribution in [0, 0.1) is 0 Å². The van der Waals surface area contributed by atoms with E-state index in [2.05, 4.69) is 10.1 Å². The Bertz CT molecular complexity index is 657. The molecule has 0 atom stereocenters. The molecule has 0 aliphatic rings. The molecular weight excluding hydrogens is 330 g/mol. The maximum atomic E-state index is 11.9. The van der Waals surface area contributed by atoms with E-state index in [1.54, 1.807) is 17.5 Å². The first kappa shape index (κ1) is 15.9. The van der Waals surface area contributed by atoms with Crippen molar-refractivity contribution in [3.63, 3.8) is 0 Å². The molecule has 0 spiro atoms. The van der Waals surface area contributed by atoms with Crippen LogP contribution in [0.1, 0.15) is 9.67 Å². The molecule has 0 fully saturated rings. The van der Waals surface area contributed by atoms with Crippen molar-refractivity contribution in [3.05, 3.63) is 45.6 Å². The van der Waals surface area contributed by atoms with Gasteiger partial charge in [0, 0.05) is 4.90 Å². The molecule has 2 rings (SSSR count). The van der Waals surface area contributed by atoms with Gasteiger partial charge in [-0.05, 0) is 23.6 Å². The van der Waals surface area contributed by atoms with Crippen molar-refractivity contribution in [3.8, 4) is 0 Å². The SMILES string of the molecule is COC(=O)c1sccc1NC(=O)CSc1ccccc1Cl. The fourth-order valence-corrected chi connectivity index (χ4v) is 3.35. The van der Waals surface area contributed by atoms with Crippen molar-refractivity contribution < 1.29 is 14.3 Å². The number of carbonyl (C=O) groups excluding carboxylic acids is 2. The summed E-state index contributed by atoms with van der Waals surface area (Å²) in [5.74, 6) is -0.456. The Labute approximate surface area is 135 Å². The van der Waals surface area contributed by atoms with Crippen LogP contribution in [0.3, 0.4) is 0 Å². The van der Waals surface area contributed by atoms with E-state index in [4.69, 9.17) is 11.6 Å². The molecule has 110 valence electrons. The second kappa shape index (κ2) is 7.49. The lowest BCUT2D eigenvalue weighted by atomic mass is 10.4. The van der Waals surface area contributed by atoms with E-state index in [-0.39, 0.29) is 11.7 Å². The third kappa shape index (κ3) is 4.23. The first-order chi connectivity index (χ1) is 10.1. The Balaban J connectivity index is 1.95. The molecule has 1 heterocycles. The number of thioether (sulfide) groups is 1. The van der Waals surface area contributed by atoms with E-state index in [1.165, 1.54) is 30.2 Å². The molecule has 0 radical (unpaired) electrons. The molecule has 0 aliphatic heterocycles. The lowest BCUT2D eigenvalue weighted by Crippen LogP contribution is -2.15. The summed E-state index contributed by atoms with van der Waals surface area (Å²) in [5.41, 5.74) is 0.469. The Hall–Kier alpha value is -1.50. The number of methoxy groups -OCH3 is 1. The van der Waals surface area contributed by atoms with Crippen molar-refractivity contribution in [1.82, 2.24) is 0 Å². The number of hydrogen-bond donors (Lipinski definition) is 1. The van der Waals surface area contributed by atoms with E-state index < -0.39 is 5.97 Å². The minimum absolute atomic E-state index is 0.205. The summed E-state index contributed by atoms with van der Waals surface area (Å²) in [4.78, 5) is 24.7. The molecular formula is C14H12ClNO3S2. The molecule has 1 N–H and O–H groups in total. The third-order valence-corrected chi connectivity index (χ3v) is 4.92. The lowest BCUT2D eigenvalue weighted by molar-refractivity contribution is -0.113. The van der Waals surface area contributed by atoms with Gasteiger partial charge in [-0.1, -0.05) is 23.7 Å². The molecule has 1 amide bonds. The van der Waals surface area contributed by atoms with Crippen molar-refractivity contribution in [1.29, 1.82) is 0 Å². The van der Waals surface area contributed by atoms with Gasteiger partial charge in [0.1, 0.15) is 4.88 Å². The van der Waals surface area contributed by atoms with Crippen LogP contribution in [0.25, 0.3) is 0 Å². The summed E-state index contributed by atoms with van der Waals surface area (Å²) >= 11 is 8.59. The molecule has 1 aromatic carbocycles. The zero-order valence-electron chi connectivity index (χ0n) is 11.1. The molecule has 0 aliphatic carbocycles. The van der Waals surface area contributed by atoms with Crippen LogP contribution < -0.4 is 5.32 Å². The van der Waals surface area contributed by atoms with Crippen LogP contribution in [-0.4, -0.2) is 24.7 Å². The molecule has 0 unspecified atom stereocenters. The Morgan fingerprint density at radius 2 is 2.10 bits per heavy atom. The minimum Gasteiger partial charge on any atom is -0.465 e. The number of rotatable bonds is 5. The van der Waals surface area contributed by atoms with E-state index in [9.17, 15) is 9.59 Å². The van der Waals surface area contributed by atoms with Gasteiger partial charge >= 0.3 is 5.97 Å². The lowest BCUT2D eigenvalue weighted by Gasteiger charge is -2.06. The van der Waals surface area contributed by atoms with E-state index in [1.807, 2.05) is 18.2 Å². The number of thiophene rings is 1. The monoisotopic (exact) mass is 341 g/mol. The highest BCUT2D eigenvalue weighted by molar-refractivity contribution is 8.00. The van der Waals surface area contributed by atoms with Gasteiger partial charge in [-0.25, -0.2) is 4.79 Å². The summed E-state index contributed by atoms with van der Waals surface area (Å²) in [5, 5.41) is 5.04. The maximum Gasteiger partial charge on any atom is 0.350 e. The van der Waals surface area contributed by atoms with Crippen LogP contribution in [0.15, 0.2) is 40.6 Å². The van der Waals surface area contributed by atoms with Crippen molar-refractivity contribution in [2.75, 3.05) is 18.2 Å². The molecule has 4 nitrogen and oxygen atoms in total. The fourth-order valence-electron chi connectivity index (χ4n) is 1.55. The predicted octanol–water partition coefficient (Wildman–Crippen LogP) is 3.92. The Morgan fingerprint density at radius 3 is 2.81 bits per heavy atom. The topological polar surface area (TPSA) is 55.4 Å². The largest absolute Gasteiger partial charge is 0.465 e. The quantitative estimate of drug-likeness (QED) is 0.661. The fraction of sp³-hybridized carbons (Fsp3) is 0.143. The number of halogens is 1. The maximum absolute atomic E-state index is 11.9. The van der Waals surface area contributed by atoms with Crippen molar-refractivity contribution in [2.24, 2.45) is 0 Å². The zero-order chi connectivity index (χ0) is 15.2. The zero-order valence-corrected chi connectivity index (χ0v) is 13.5. The van der Waals surface area contributed by atoms with E-state index in [0.29, 0.717) is 15.6 Å². The normalized spacial score (nSPS) is 10.2. The average molecular weight is 342 g/mol. The van der Waals surface area contributed by atoms with Crippen molar-refractivity contribution in [2.45, 2.75) is 4.90 Å². The second-order valence-corrected chi connectivity index (χ2v) is 6.26. The smallest absolute Gasteiger partial charge is 0.350 e. The third-order valence-electron chi connectivity index (χ3n) is 2.51. The van der Waals surface area contributed by atoms with Crippen LogP contribution in [-0.2, 0) is 9.53 Å². The van der Waals surface area contributed by atoms with Gasteiger partial charge in [-0.2, -0.15) is 0 Å². The highest BCUT2D eigenvalue weighted by atomic mass is 35.5. The molecule has 0 saturated carbocycles. The number of ether oxygens (including phenoxy) is 1. The van der Waals surface area contributed by atoms with Gasteiger partial charge in [0.25, 0.3) is 0 Å². The molecule has 0 bridgehead atoms. The minimum atomic E-state index is -0.459. The summed E-state index contributed by atoms with van der Waals surface area (Å²) in [7, 11) is 1.31. The van der Waals surface area contributed by atoms with Gasteiger partial charge < -0.3 is 10.1 Å². The van der Waals surface area contributed by atoms with Gasteiger partial charge in [0.15, 0.2) is 0 Å². The van der Waals surface area contributed by atoms with E-state index >= 15 is 0 Å². The first-order valence-corrected chi connectivity index (χ1v) is 8.19.